The van der Waals surface area contributed by atoms with Crippen LogP contribution in [0.2, 0.25) is 5.02 Å². The maximum absolute atomic E-state index is 11.7. The van der Waals surface area contributed by atoms with Gasteiger partial charge >= 0.3 is 5.97 Å². The van der Waals surface area contributed by atoms with Gasteiger partial charge in [-0.3, -0.25) is 0 Å². The maximum atomic E-state index is 11.7. The third-order valence-corrected chi connectivity index (χ3v) is 4.89. The van der Waals surface area contributed by atoms with Crippen molar-refractivity contribution >= 4 is 35.0 Å². The minimum Gasteiger partial charge on any atom is -0.465 e. The van der Waals surface area contributed by atoms with Crippen LogP contribution >= 0.6 is 11.6 Å². The minimum absolute atomic E-state index is 0.410. The van der Waals surface area contributed by atoms with Crippen molar-refractivity contribution in [3.8, 4) is 0 Å². The van der Waals surface area contributed by atoms with E-state index in [1.54, 1.807) is 18.2 Å². The SMILES string of the molecule is COC(=O)c1ccc(Cl)c(Nc2cc(C)nc(N3CCC(C)CC3)n2)c1. The zero-order chi connectivity index (χ0) is 18.7. The quantitative estimate of drug-likeness (QED) is 0.809. The zero-order valence-electron chi connectivity index (χ0n) is 15.3. The van der Waals surface area contributed by atoms with Gasteiger partial charge in [-0.1, -0.05) is 18.5 Å². The molecule has 2 aromatic rings. The van der Waals surface area contributed by atoms with Crippen LogP contribution in [0.1, 0.15) is 35.8 Å². The molecule has 138 valence electrons. The lowest BCUT2D eigenvalue weighted by Gasteiger charge is -2.30. The van der Waals surface area contributed by atoms with Crippen molar-refractivity contribution < 1.29 is 9.53 Å². The molecule has 0 saturated carbocycles. The van der Waals surface area contributed by atoms with Crippen LogP contribution in [0.4, 0.5) is 17.5 Å². The number of piperidine rings is 1. The predicted octanol–water partition coefficient (Wildman–Crippen LogP) is 4.20. The van der Waals surface area contributed by atoms with Crippen LogP contribution in [0.15, 0.2) is 24.3 Å². The van der Waals surface area contributed by atoms with Crippen molar-refractivity contribution in [3.63, 3.8) is 0 Å². The number of halogens is 1. The van der Waals surface area contributed by atoms with Crippen LogP contribution in [0.25, 0.3) is 0 Å². The normalized spacial score (nSPS) is 15.0. The predicted molar refractivity (Wildman–Crippen MR) is 103 cm³/mol. The highest BCUT2D eigenvalue weighted by molar-refractivity contribution is 6.33. The number of esters is 1. The highest BCUT2D eigenvalue weighted by Crippen LogP contribution is 2.28. The second kappa shape index (κ2) is 7.91. The Morgan fingerprint density at radius 3 is 2.69 bits per heavy atom. The molecule has 6 nitrogen and oxygen atoms in total. The first kappa shape index (κ1) is 18.5. The van der Waals surface area contributed by atoms with Crippen LogP contribution in [0.5, 0.6) is 0 Å². The average Bonchev–Trinajstić information content (AvgIpc) is 2.63. The number of aromatic nitrogens is 2. The highest BCUT2D eigenvalue weighted by Gasteiger charge is 2.19. The van der Waals surface area contributed by atoms with E-state index in [-0.39, 0.29) is 0 Å². The van der Waals surface area contributed by atoms with Crippen LogP contribution in [-0.4, -0.2) is 36.1 Å². The molecule has 1 fully saturated rings. The first-order valence-corrected chi connectivity index (χ1v) is 9.09. The fourth-order valence-electron chi connectivity index (χ4n) is 2.97. The number of carbonyl (C=O) groups excluding carboxylic acids is 1. The molecule has 1 N–H and O–H groups in total. The Hall–Kier alpha value is -2.34. The molecule has 0 unspecified atom stereocenters. The average molecular weight is 375 g/mol. The van der Waals surface area contributed by atoms with E-state index < -0.39 is 5.97 Å². The lowest BCUT2D eigenvalue weighted by molar-refractivity contribution is 0.0601. The number of rotatable bonds is 4. The van der Waals surface area contributed by atoms with Crippen LogP contribution in [0.3, 0.4) is 0 Å². The molecule has 7 heteroatoms. The third kappa shape index (κ3) is 4.25. The monoisotopic (exact) mass is 374 g/mol. The Balaban J connectivity index is 1.85. The van der Waals surface area contributed by atoms with Crippen molar-refractivity contribution in [1.82, 2.24) is 9.97 Å². The van der Waals surface area contributed by atoms with Crippen LogP contribution < -0.4 is 10.2 Å². The molecule has 1 aromatic carbocycles. The van der Waals surface area contributed by atoms with E-state index >= 15 is 0 Å². The van der Waals surface area contributed by atoms with Gasteiger partial charge in [-0.15, -0.1) is 0 Å². The second-order valence-corrected chi connectivity index (χ2v) is 7.08. The smallest absolute Gasteiger partial charge is 0.337 e. The molecule has 0 amide bonds. The lowest BCUT2D eigenvalue weighted by atomic mass is 10.00. The second-order valence-electron chi connectivity index (χ2n) is 6.68. The summed E-state index contributed by atoms with van der Waals surface area (Å²) in [6.45, 7) is 6.14. The molecule has 1 aliphatic heterocycles. The maximum Gasteiger partial charge on any atom is 0.337 e. The lowest BCUT2D eigenvalue weighted by Crippen LogP contribution is -2.34. The summed E-state index contributed by atoms with van der Waals surface area (Å²) in [5.74, 6) is 1.70. The van der Waals surface area contributed by atoms with E-state index in [0.29, 0.717) is 22.1 Å². The fourth-order valence-corrected chi connectivity index (χ4v) is 3.14. The standard InChI is InChI=1S/C19H23ClN4O2/c1-12-6-8-24(9-7-12)19-21-13(2)10-17(23-19)22-16-11-14(18(25)26-3)4-5-15(16)20/h4-5,10-12H,6-9H2,1-3H3,(H,21,22,23). The third-order valence-electron chi connectivity index (χ3n) is 4.56. The van der Waals surface area contributed by atoms with Gasteiger partial charge in [0.25, 0.3) is 0 Å². The van der Waals surface area contributed by atoms with Gasteiger partial charge in [-0.05, 0) is 43.9 Å². The Bertz CT molecular complexity index is 804. The molecular formula is C19H23ClN4O2. The molecule has 2 heterocycles. The number of benzene rings is 1. The summed E-state index contributed by atoms with van der Waals surface area (Å²) in [7, 11) is 1.35. The van der Waals surface area contributed by atoms with Crippen molar-refractivity contribution in [1.29, 1.82) is 0 Å². The number of nitrogens with one attached hydrogen (secondary N) is 1. The van der Waals surface area contributed by atoms with Crippen LogP contribution in [0, 0.1) is 12.8 Å². The Morgan fingerprint density at radius 1 is 1.27 bits per heavy atom. The van der Waals surface area contributed by atoms with Gasteiger partial charge in [0.05, 0.1) is 23.4 Å². The van der Waals surface area contributed by atoms with Crippen LogP contribution in [-0.2, 0) is 4.74 Å². The number of carbonyl (C=O) groups is 1. The van der Waals surface area contributed by atoms with Crippen molar-refractivity contribution in [2.75, 3.05) is 30.4 Å². The molecule has 3 rings (SSSR count). The summed E-state index contributed by atoms with van der Waals surface area (Å²) in [6, 6.07) is 6.81. The summed E-state index contributed by atoms with van der Waals surface area (Å²) in [4.78, 5) is 23.2. The number of methoxy groups -OCH3 is 1. The fraction of sp³-hybridized carbons (Fsp3) is 0.421. The van der Waals surface area contributed by atoms with Gasteiger partial charge in [0.1, 0.15) is 5.82 Å². The summed E-state index contributed by atoms with van der Waals surface area (Å²) < 4.78 is 4.77. The van der Waals surface area contributed by atoms with Crippen molar-refractivity contribution in [3.05, 3.63) is 40.5 Å². The number of ether oxygens (including phenoxy) is 1. The minimum atomic E-state index is -0.410. The molecule has 0 aliphatic carbocycles. The van der Waals surface area contributed by atoms with E-state index in [9.17, 15) is 4.79 Å². The Labute approximate surface area is 158 Å². The molecule has 1 saturated heterocycles. The zero-order valence-corrected chi connectivity index (χ0v) is 16.0. The molecule has 26 heavy (non-hydrogen) atoms. The van der Waals surface area contributed by atoms with Gasteiger partial charge in [0, 0.05) is 24.8 Å². The molecular weight excluding hydrogens is 352 g/mol. The van der Waals surface area contributed by atoms with Crippen molar-refractivity contribution in [2.45, 2.75) is 26.7 Å². The molecule has 0 spiro atoms. The number of hydrogen-bond acceptors (Lipinski definition) is 6. The summed E-state index contributed by atoms with van der Waals surface area (Å²) in [5.41, 5.74) is 1.90. The Morgan fingerprint density at radius 2 is 2.00 bits per heavy atom. The van der Waals surface area contributed by atoms with Gasteiger partial charge in [0.2, 0.25) is 5.95 Å². The highest BCUT2D eigenvalue weighted by atomic mass is 35.5. The van der Waals surface area contributed by atoms with E-state index in [0.717, 1.165) is 43.5 Å². The van der Waals surface area contributed by atoms with E-state index in [1.165, 1.54) is 7.11 Å². The molecule has 1 aromatic heterocycles. The van der Waals surface area contributed by atoms with E-state index in [1.807, 2.05) is 13.0 Å². The van der Waals surface area contributed by atoms with E-state index in [2.05, 4.69) is 27.1 Å². The first-order chi connectivity index (χ1) is 12.5. The van der Waals surface area contributed by atoms with Gasteiger partial charge in [-0.25, -0.2) is 9.78 Å². The molecule has 0 radical (unpaired) electrons. The Kier molecular flexibility index (Phi) is 5.61. The largest absolute Gasteiger partial charge is 0.465 e. The number of aryl methyl sites for hydroxylation is 1. The first-order valence-electron chi connectivity index (χ1n) is 8.72. The number of nitrogens with zero attached hydrogens (tertiary/aromatic N) is 3. The summed E-state index contributed by atoms with van der Waals surface area (Å²) in [6.07, 6.45) is 2.29. The van der Waals surface area contributed by atoms with Gasteiger partial charge in [0.15, 0.2) is 0 Å². The van der Waals surface area contributed by atoms with E-state index in [4.69, 9.17) is 16.3 Å². The van der Waals surface area contributed by atoms with Crippen molar-refractivity contribution in [2.24, 2.45) is 5.92 Å². The summed E-state index contributed by atoms with van der Waals surface area (Å²) >= 11 is 6.27. The molecule has 0 bridgehead atoms. The van der Waals surface area contributed by atoms with Gasteiger partial charge in [-0.2, -0.15) is 4.98 Å². The number of anilines is 3. The topological polar surface area (TPSA) is 67.3 Å². The summed E-state index contributed by atoms with van der Waals surface area (Å²) in [5, 5.41) is 3.71. The van der Waals surface area contributed by atoms with Gasteiger partial charge < -0.3 is 15.0 Å². The number of hydrogen-bond donors (Lipinski definition) is 1. The molecule has 1 aliphatic rings. The molecule has 0 atom stereocenters.